The molecule has 1 aromatic carbocycles. The second-order valence-corrected chi connectivity index (χ2v) is 4.29. The maximum absolute atomic E-state index is 5.89. The summed E-state index contributed by atoms with van der Waals surface area (Å²) in [5, 5.41) is 1.00. The molecule has 0 saturated carbocycles. The van der Waals surface area contributed by atoms with E-state index >= 15 is 0 Å². The van der Waals surface area contributed by atoms with Crippen LogP contribution in [0.5, 0.6) is 0 Å². The van der Waals surface area contributed by atoms with Crippen molar-refractivity contribution in [3.8, 4) is 11.4 Å². The molecule has 2 heterocycles. The fraction of sp³-hybridized carbons (Fsp3) is 0.143. The lowest BCUT2D eigenvalue weighted by molar-refractivity contribution is 0.616. The normalized spacial score (nSPS) is 11.0. The monoisotopic (exact) mass is 239 g/mol. The van der Waals surface area contributed by atoms with Gasteiger partial charge < -0.3 is 10.2 Å². The standard InChI is InChI=1S/C14H13N3O/c1-8-9(2)16-14(17-13(8)15)11-7-18-12-6-4-3-5-10(11)12/h3-7H,1-2H3,(H2,15,16,17). The maximum Gasteiger partial charge on any atom is 0.165 e. The van der Waals surface area contributed by atoms with Crippen LogP contribution in [0.15, 0.2) is 34.9 Å². The Hall–Kier alpha value is -2.36. The van der Waals surface area contributed by atoms with Crippen LogP contribution in [-0.2, 0) is 0 Å². The molecule has 18 heavy (non-hydrogen) atoms. The molecule has 0 bridgehead atoms. The number of benzene rings is 1. The molecule has 0 radical (unpaired) electrons. The van der Waals surface area contributed by atoms with Gasteiger partial charge in [0, 0.05) is 16.6 Å². The lowest BCUT2D eigenvalue weighted by atomic mass is 10.1. The Labute approximate surface area is 104 Å². The van der Waals surface area contributed by atoms with E-state index in [4.69, 9.17) is 10.2 Å². The fourth-order valence-electron chi connectivity index (χ4n) is 1.92. The summed E-state index contributed by atoms with van der Waals surface area (Å²) in [5.74, 6) is 1.13. The molecule has 0 atom stereocenters. The number of aromatic nitrogens is 2. The van der Waals surface area contributed by atoms with Crippen molar-refractivity contribution in [2.75, 3.05) is 5.73 Å². The molecule has 0 amide bonds. The van der Waals surface area contributed by atoms with E-state index in [9.17, 15) is 0 Å². The average Bonchev–Trinajstić information content (AvgIpc) is 2.79. The molecule has 0 aliphatic carbocycles. The highest BCUT2D eigenvalue weighted by Gasteiger charge is 2.12. The summed E-state index contributed by atoms with van der Waals surface area (Å²) < 4.78 is 5.49. The van der Waals surface area contributed by atoms with Gasteiger partial charge in [0.1, 0.15) is 17.7 Å². The van der Waals surface area contributed by atoms with Gasteiger partial charge in [-0.1, -0.05) is 18.2 Å². The van der Waals surface area contributed by atoms with Gasteiger partial charge in [-0.05, 0) is 19.9 Å². The van der Waals surface area contributed by atoms with Crippen molar-refractivity contribution in [3.05, 3.63) is 41.8 Å². The molecule has 3 rings (SSSR count). The summed E-state index contributed by atoms with van der Waals surface area (Å²) in [4.78, 5) is 8.81. The Morgan fingerprint density at radius 2 is 1.89 bits per heavy atom. The molecular weight excluding hydrogens is 226 g/mol. The molecule has 0 aliphatic heterocycles. The van der Waals surface area contributed by atoms with Gasteiger partial charge in [-0.2, -0.15) is 0 Å². The van der Waals surface area contributed by atoms with E-state index in [0.717, 1.165) is 27.8 Å². The van der Waals surface area contributed by atoms with Crippen molar-refractivity contribution < 1.29 is 4.42 Å². The van der Waals surface area contributed by atoms with E-state index < -0.39 is 0 Å². The van der Waals surface area contributed by atoms with Crippen molar-refractivity contribution in [1.82, 2.24) is 9.97 Å². The lowest BCUT2D eigenvalue weighted by Crippen LogP contribution is -2.01. The molecule has 0 saturated heterocycles. The van der Waals surface area contributed by atoms with Crippen LogP contribution < -0.4 is 5.73 Å². The van der Waals surface area contributed by atoms with Gasteiger partial charge in [-0.25, -0.2) is 9.97 Å². The molecule has 4 nitrogen and oxygen atoms in total. The number of fused-ring (bicyclic) bond motifs is 1. The van der Waals surface area contributed by atoms with Gasteiger partial charge in [0.2, 0.25) is 0 Å². The third kappa shape index (κ3) is 1.54. The fourth-order valence-corrected chi connectivity index (χ4v) is 1.92. The number of nitrogen functional groups attached to an aromatic ring is 1. The summed E-state index contributed by atoms with van der Waals surface area (Å²) in [5.41, 5.74) is 9.41. The predicted octanol–water partition coefficient (Wildman–Crippen LogP) is 3.09. The summed E-state index contributed by atoms with van der Waals surface area (Å²) in [6.45, 7) is 3.85. The molecule has 0 unspecified atom stereocenters. The summed E-state index contributed by atoms with van der Waals surface area (Å²) in [6, 6.07) is 7.81. The van der Waals surface area contributed by atoms with Crippen LogP contribution in [-0.4, -0.2) is 9.97 Å². The molecule has 4 heteroatoms. The van der Waals surface area contributed by atoms with Gasteiger partial charge in [0.25, 0.3) is 0 Å². The SMILES string of the molecule is Cc1nc(-c2coc3ccccc23)nc(N)c1C. The van der Waals surface area contributed by atoms with Gasteiger partial charge in [0.15, 0.2) is 5.82 Å². The Morgan fingerprint density at radius 1 is 1.11 bits per heavy atom. The first-order chi connectivity index (χ1) is 8.66. The van der Waals surface area contributed by atoms with E-state index in [1.807, 2.05) is 38.1 Å². The first-order valence-corrected chi connectivity index (χ1v) is 5.74. The zero-order chi connectivity index (χ0) is 12.7. The Morgan fingerprint density at radius 3 is 2.67 bits per heavy atom. The highest BCUT2D eigenvalue weighted by Crippen LogP contribution is 2.29. The number of nitrogens with zero attached hydrogens (tertiary/aromatic N) is 2. The third-order valence-corrected chi connectivity index (χ3v) is 3.15. The minimum Gasteiger partial charge on any atom is -0.464 e. The van der Waals surface area contributed by atoms with E-state index in [-0.39, 0.29) is 0 Å². The minimum absolute atomic E-state index is 0.516. The Balaban J connectivity index is 2.26. The minimum atomic E-state index is 0.516. The van der Waals surface area contributed by atoms with Crippen molar-refractivity contribution in [2.45, 2.75) is 13.8 Å². The van der Waals surface area contributed by atoms with E-state index in [2.05, 4.69) is 9.97 Å². The van der Waals surface area contributed by atoms with Crippen LogP contribution in [0, 0.1) is 13.8 Å². The Bertz CT molecular complexity index is 708. The lowest BCUT2D eigenvalue weighted by Gasteiger charge is -2.05. The van der Waals surface area contributed by atoms with E-state index in [1.165, 1.54) is 0 Å². The quantitative estimate of drug-likeness (QED) is 0.708. The second-order valence-electron chi connectivity index (χ2n) is 4.29. The van der Waals surface area contributed by atoms with Crippen molar-refractivity contribution >= 4 is 16.8 Å². The Kier molecular flexibility index (Phi) is 2.30. The molecule has 2 N–H and O–H groups in total. The first kappa shape index (κ1) is 10.8. The summed E-state index contributed by atoms with van der Waals surface area (Å²) >= 11 is 0. The zero-order valence-electron chi connectivity index (χ0n) is 10.3. The number of hydrogen-bond acceptors (Lipinski definition) is 4. The largest absolute Gasteiger partial charge is 0.464 e. The summed E-state index contributed by atoms with van der Waals surface area (Å²) in [6.07, 6.45) is 1.67. The molecular formula is C14H13N3O. The number of anilines is 1. The maximum atomic E-state index is 5.89. The highest BCUT2D eigenvalue weighted by atomic mass is 16.3. The van der Waals surface area contributed by atoms with Gasteiger partial charge >= 0.3 is 0 Å². The number of aryl methyl sites for hydroxylation is 1. The number of furan rings is 1. The average molecular weight is 239 g/mol. The number of nitrogens with two attached hydrogens (primary N) is 1. The van der Waals surface area contributed by atoms with Crippen LogP contribution in [0.2, 0.25) is 0 Å². The molecule has 0 aliphatic rings. The van der Waals surface area contributed by atoms with Crippen LogP contribution in [0.25, 0.3) is 22.4 Å². The predicted molar refractivity (Wildman–Crippen MR) is 71.1 cm³/mol. The van der Waals surface area contributed by atoms with Crippen molar-refractivity contribution in [1.29, 1.82) is 0 Å². The molecule has 0 fully saturated rings. The van der Waals surface area contributed by atoms with E-state index in [1.54, 1.807) is 6.26 Å². The number of hydrogen-bond donors (Lipinski definition) is 1. The first-order valence-electron chi connectivity index (χ1n) is 5.74. The molecule has 2 aromatic heterocycles. The van der Waals surface area contributed by atoms with Crippen molar-refractivity contribution in [3.63, 3.8) is 0 Å². The molecule has 3 aromatic rings. The highest BCUT2D eigenvalue weighted by molar-refractivity contribution is 5.92. The van der Waals surface area contributed by atoms with Crippen LogP contribution >= 0.6 is 0 Å². The second kappa shape index (κ2) is 3.84. The summed E-state index contributed by atoms with van der Waals surface area (Å²) in [7, 11) is 0. The molecule has 0 spiro atoms. The smallest absolute Gasteiger partial charge is 0.165 e. The van der Waals surface area contributed by atoms with Crippen LogP contribution in [0.1, 0.15) is 11.3 Å². The zero-order valence-corrected chi connectivity index (χ0v) is 10.3. The van der Waals surface area contributed by atoms with Gasteiger partial charge in [-0.15, -0.1) is 0 Å². The number of para-hydroxylation sites is 1. The van der Waals surface area contributed by atoms with Gasteiger partial charge in [-0.3, -0.25) is 0 Å². The van der Waals surface area contributed by atoms with Crippen LogP contribution in [0.3, 0.4) is 0 Å². The molecule has 90 valence electrons. The third-order valence-electron chi connectivity index (χ3n) is 3.15. The topological polar surface area (TPSA) is 64.9 Å². The van der Waals surface area contributed by atoms with Crippen molar-refractivity contribution in [2.24, 2.45) is 0 Å². The van der Waals surface area contributed by atoms with Crippen LogP contribution in [0.4, 0.5) is 5.82 Å². The van der Waals surface area contributed by atoms with E-state index in [0.29, 0.717) is 11.6 Å². The van der Waals surface area contributed by atoms with Gasteiger partial charge in [0.05, 0.1) is 5.56 Å². The number of rotatable bonds is 1.